The van der Waals surface area contributed by atoms with Crippen molar-refractivity contribution in [3.63, 3.8) is 0 Å². The Morgan fingerprint density at radius 3 is 1.17 bits per heavy atom. The number of primary amides is 1. The molecule has 1 aromatic heterocycles. The summed E-state index contributed by atoms with van der Waals surface area (Å²) < 4.78 is 0. The van der Waals surface area contributed by atoms with E-state index in [1.54, 1.807) is 30.3 Å². The number of phenols is 2. The molecule has 0 bridgehead atoms. The molecule has 0 saturated carbocycles. The Kier molecular flexibility index (Phi) is 41.6. The fourth-order valence-electron chi connectivity index (χ4n) is 11.5. The molecule has 48 nitrogen and oxygen atoms in total. The lowest BCUT2D eigenvalue weighted by Crippen LogP contribution is -2.60. The molecule has 0 aliphatic heterocycles. The zero-order valence-electron chi connectivity index (χ0n) is 67.5. The summed E-state index contributed by atoms with van der Waals surface area (Å²) in [5.74, 6) is -25.2. The average molecular weight is 1740 g/mol. The number of carbonyl (C=O) groups excluding carboxylic acids is 15. The SMILES string of the molecule is C[C@H](NC(=O)[C@H](C)NC(=O)[C@H](Cc1cnc[nH]1)NC(=O)CNC(=O)[C@H](Cc1ccc(O)cc1)NC(=O)[C@H](CCC(N)=O)NC(=O)[C@H](CC(=O)O)NC(=O)[C@H](Cc1ccc(O)cc1)NC(=O)[C@H](C)NC(=O)[C@H](C)NC(=O)[C@H](CCCNC(=N)N)NC(=O)[C@H](CCC(=O)O)NC(=O)[C@@H](N)CC(=O)O)C(=O)N[C@@H](Cc1ccccc1)C(=O)N[C@@H](CCC(=O)O)C(=O)O. The number of carboxylic acid groups (broad SMARTS) is 5. The number of nitrogens with one attached hydrogen (secondary N) is 17. The number of aromatic nitrogens is 2. The van der Waals surface area contributed by atoms with E-state index < -0.39 is 280 Å². The second-order valence-corrected chi connectivity index (χ2v) is 28.5. The summed E-state index contributed by atoms with van der Waals surface area (Å²) in [5.41, 5.74) is 17.7. The fourth-order valence-corrected chi connectivity index (χ4v) is 11.5. The Balaban J connectivity index is 1.53. The Hall–Kier alpha value is -14.9. The van der Waals surface area contributed by atoms with Crippen LogP contribution in [0.15, 0.2) is 91.4 Å². The lowest BCUT2D eigenvalue weighted by Gasteiger charge is -2.27. The average Bonchev–Trinajstić information content (AvgIpc) is 0.933. The van der Waals surface area contributed by atoms with Crippen LogP contribution in [0.25, 0.3) is 0 Å². The van der Waals surface area contributed by atoms with E-state index in [1.807, 2.05) is 0 Å². The minimum atomic E-state index is -2.17. The van der Waals surface area contributed by atoms with Crippen LogP contribution in [0.4, 0.5) is 0 Å². The number of carbonyl (C=O) groups is 20. The molecule has 124 heavy (non-hydrogen) atoms. The lowest BCUT2D eigenvalue weighted by atomic mass is 10.0. The van der Waals surface area contributed by atoms with Crippen LogP contribution in [0.2, 0.25) is 0 Å². The number of guanidine groups is 1. The van der Waals surface area contributed by atoms with Gasteiger partial charge in [0.25, 0.3) is 0 Å². The summed E-state index contributed by atoms with van der Waals surface area (Å²) in [6.45, 7) is 3.70. The molecule has 1 heterocycles. The number of rotatable bonds is 54. The first-order valence-corrected chi connectivity index (χ1v) is 38.4. The first kappa shape index (κ1) is 101. The molecule has 4 aromatic rings. The molecule has 0 radical (unpaired) electrons. The molecule has 14 atom stereocenters. The number of phenolic OH excluding ortho intramolecular Hbond substituents is 2. The summed E-state index contributed by atoms with van der Waals surface area (Å²) in [4.78, 5) is 272. The quantitative estimate of drug-likeness (QED) is 0.0111. The maximum Gasteiger partial charge on any atom is 0.326 e. The highest BCUT2D eigenvalue weighted by molar-refractivity contribution is 6.01. The second kappa shape index (κ2) is 50.9. The standard InChI is InChI=1S/C76H103N21O27/c1-36(87-68(116)47(11-8-26-82-76(79)80)91-69(117)49(21-24-58(102)103)90-66(114)46(77)31-60(106)107)62(110)85-39(4)65(113)95-53(29-42-14-18-45(99)19-15-42)73(121)97-55(32-61(108)109)74(122)92-48(20-23-56(78)100)70(118)96-51(28-41-12-16-44(98)17-13-41)67(115)83-34-57(101)89-54(30-43-33-81-35-84-43)71(119)88-37(2)63(111)86-38(3)64(112)94-52(27-40-9-6-5-7-10-40)72(120)93-50(75(123)124)22-25-59(104)105/h5-7,9-10,12-19,33,35-39,46-55,98-99H,8,11,20-32,34,77H2,1-4H3,(H2,78,100)(H,81,84)(H,83,115)(H,85,110)(H,86,111)(H,87,116)(H,88,119)(H,89,101)(H,90,114)(H,91,117)(H,92,122)(H,93,120)(H,94,112)(H,95,113)(H,96,118)(H,97,121)(H,102,103)(H,104,105)(H,106,107)(H,108,109)(H,123,124)(H4,79,80,82)/t36-,37-,38-,39-,46-,47-,48-,49-,50-,51-,52-,53-,54-,55-/m0/s1. The van der Waals surface area contributed by atoms with E-state index in [0.29, 0.717) is 5.56 Å². The van der Waals surface area contributed by atoms with Crippen molar-refractivity contribution in [2.75, 3.05) is 13.1 Å². The van der Waals surface area contributed by atoms with Crippen molar-refractivity contribution in [3.05, 3.63) is 114 Å². The van der Waals surface area contributed by atoms with Crippen LogP contribution in [0.5, 0.6) is 11.5 Å². The van der Waals surface area contributed by atoms with E-state index in [2.05, 4.69) is 89.7 Å². The van der Waals surface area contributed by atoms with Gasteiger partial charge in [-0.2, -0.15) is 0 Å². The molecule has 674 valence electrons. The van der Waals surface area contributed by atoms with Gasteiger partial charge in [-0.1, -0.05) is 54.6 Å². The number of nitrogens with zero attached hydrogens (tertiary/aromatic N) is 1. The molecule has 0 unspecified atom stereocenters. The highest BCUT2D eigenvalue weighted by Crippen LogP contribution is 2.16. The van der Waals surface area contributed by atoms with Crippen molar-refractivity contribution in [1.29, 1.82) is 5.41 Å². The number of aliphatic carboxylic acids is 5. The van der Waals surface area contributed by atoms with Gasteiger partial charge in [0.1, 0.15) is 90.0 Å². The van der Waals surface area contributed by atoms with Crippen molar-refractivity contribution in [1.82, 2.24) is 89.7 Å². The summed E-state index contributed by atoms with van der Waals surface area (Å²) in [5, 5.41) is 110. The molecular formula is C76H103N21O27. The Morgan fingerprint density at radius 1 is 0.379 bits per heavy atom. The number of hydrogen-bond donors (Lipinski definition) is 27. The molecular weight excluding hydrogens is 1640 g/mol. The number of aromatic amines is 1. The summed E-state index contributed by atoms with van der Waals surface area (Å²) in [7, 11) is 0. The van der Waals surface area contributed by atoms with Crippen molar-refractivity contribution in [2.24, 2.45) is 17.2 Å². The van der Waals surface area contributed by atoms with Gasteiger partial charge >= 0.3 is 29.8 Å². The summed E-state index contributed by atoms with van der Waals surface area (Å²) in [6.07, 6.45) is -5.09. The normalized spacial score (nSPS) is 14.2. The van der Waals surface area contributed by atoms with Gasteiger partial charge in [-0.3, -0.25) is 96.5 Å². The van der Waals surface area contributed by atoms with Crippen LogP contribution < -0.4 is 97.0 Å². The molecule has 0 fully saturated rings. The lowest BCUT2D eigenvalue weighted by molar-refractivity contribution is -0.144. The van der Waals surface area contributed by atoms with Gasteiger partial charge in [0.05, 0.1) is 31.8 Å². The third kappa shape index (κ3) is 37.6. The van der Waals surface area contributed by atoms with Crippen molar-refractivity contribution in [2.45, 2.75) is 202 Å². The number of imidazole rings is 1. The Morgan fingerprint density at radius 2 is 0.734 bits per heavy atom. The molecule has 30 N–H and O–H groups in total. The van der Waals surface area contributed by atoms with E-state index in [0.717, 1.165) is 13.8 Å². The number of benzene rings is 3. The van der Waals surface area contributed by atoms with Gasteiger partial charge in [-0.15, -0.1) is 0 Å². The summed E-state index contributed by atoms with van der Waals surface area (Å²) in [6, 6.07) is -5.18. The molecule has 15 amide bonds. The zero-order valence-corrected chi connectivity index (χ0v) is 67.5. The molecule has 0 aliphatic rings. The van der Waals surface area contributed by atoms with Crippen LogP contribution in [0, 0.1) is 5.41 Å². The molecule has 3 aromatic carbocycles. The van der Waals surface area contributed by atoms with Gasteiger partial charge in [0, 0.05) is 63.4 Å². The number of carboxylic acids is 5. The van der Waals surface area contributed by atoms with E-state index >= 15 is 0 Å². The van der Waals surface area contributed by atoms with E-state index in [-0.39, 0.29) is 60.5 Å². The van der Waals surface area contributed by atoms with E-state index in [9.17, 15) is 121 Å². The predicted octanol–water partition coefficient (Wildman–Crippen LogP) is -7.79. The molecule has 4 rings (SSSR count). The van der Waals surface area contributed by atoms with Crippen LogP contribution in [0.1, 0.15) is 114 Å². The highest BCUT2D eigenvalue weighted by atomic mass is 16.4. The van der Waals surface area contributed by atoms with Crippen molar-refractivity contribution >= 4 is 124 Å². The number of amides is 15. The number of nitrogens with two attached hydrogens (primary N) is 3. The third-order valence-electron chi connectivity index (χ3n) is 18.2. The Bertz CT molecular complexity index is 4460. The zero-order chi connectivity index (χ0) is 92.6. The Labute approximate surface area is 706 Å². The molecule has 0 aliphatic carbocycles. The van der Waals surface area contributed by atoms with Crippen LogP contribution in [-0.2, 0) is 122 Å². The van der Waals surface area contributed by atoms with Crippen molar-refractivity contribution < 1.29 is 132 Å². The largest absolute Gasteiger partial charge is 0.508 e. The van der Waals surface area contributed by atoms with Gasteiger partial charge in [-0.05, 0) is 101 Å². The topological polar surface area (TPSA) is 794 Å². The number of aromatic hydroxyl groups is 2. The first-order valence-electron chi connectivity index (χ1n) is 38.4. The third-order valence-corrected chi connectivity index (χ3v) is 18.2. The molecule has 0 spiro atoms. The predicted molar refractivity (Wildman–Crippen MR) is 428 cm³/mol. The van der Waals surface area contributed by atoms with Gasteiger partial charge in [0.2, 0.25) is 88.6 Å². The van der Waals surface area contributed by atoms with Crippen molar-refractivity contribution in [3.8, 4) is 11.5 Å². The van der Waals surface area contributed by atoms with E-state index in [4.69, 9.17) is 32.8 Å². The minimum Gasteiger partial charge on any atom is -0.508 e. The second-order valence-electron chi connectivity index (χ2n) is 28.5. The minimum absolute atomic E-state index is 0.00404. The summed E-state index contributed by atoms with van der Waals surface area (Å²) >= 11 is 0. The molecule has 48 heteroatoms. The maximum atomic E-state index is 14.5. The monoisotopic (exact) mass is 1740 g/mol. The highest BCUT2D eigenvalue weighted by Gasteiger charge is 2.38. The van der Waals surface area contributed by atoms with Gasteiger partial charge in [0.15, 0.2) is 5.96 Å². The fraction of sp³-hybridized carbons (Fsp3) is 0.447. The van der Waals surface area contributed by atoms with Crippen LogP contribution in [0.3, 0.4) is 0 Å². The van der Waals surface area contributed by atoms with Crippen LogP contribution in [-0.4, -0.2) is 268 Å². The molecule has 0 saturated heterocycles. The maximum absolute atomic E-state index is 14.5. The van der Waals surface area contributed by atoms with E-state index in [1.165, 1.54) is 74.9 Å². The van der Waals surface area contributed by atoms with Gasteiger partial charge < -0.3 is 138 Å². The van der Waals surface area contributed by atoms with Gasteiger partial charge in [-0.25, -0.2) is 9.78 Å². The first-order chi connectivity index (χ1) is 58.4. The smallest absolute Gasteiger partial charge is 0.326 e. The van der Waals surface area contributed by atoms with Crippen LogP contribution >= 0.6 is 0 Å². The number of H-pyrrole nitrogens is 1. The number of hydrogen-bond acceptors (Lipinski definition) is 25.